The van der Waals surface area contributed by atoms with Gasteiger partial charge in [0, 0.05) is 18.3 Å². The van der Waals surface area contributed by atoms with Gasteiger partial charge < -0.3 is 10.2 Å². The Morgan fingerprint density at radius 2 is 1.96 bits per heavy atom. The zero-order valence-corrected chi connectivity index (χ0v) is 14.2. The highest BCUT2D eigenvalue weighted by Crippen LogP contribution is 2.37. The lowest BCUT2D eigenvalue weighted by atomic mass is 10.0. The van der Waals surface area contributed by atoms with E-state index in [-0.39, 0.29) is 5.91 Å². The fourth-order valence-corrected chi connectivity index (χ4v) is 4.00. The molecule has 0 radical (unpaired) electrons. The maximum atomic E-state index is 12.5. The monoisotopic (exact) mass is 320 g/mol. The maximum absolute atomic E-state index is 12.5. The van der Waals surface area contributed by atoms with Gasteiger partial charge in [0.05, 0.1) is 6.54 Å². The summed E-state index contributed by atoms with van der Waals surface area (Å²) in [5.41, 5.74) is 6.45. The van der Waals surface area contributed by atoms with Crippen LogP contribution < -0.4 is 5.32 Å². The minimum atomic E-state index is 0.214. The summed E-state index contributed by atoms with van der Waals surface area (Å²) in [5, 5.41) is 3.33. The molecule has 0 saturated carbocycles. The van der Waals surface area contributed by atoms with Gasteiger partial charge in [0.15, 0.2) is 0 Å². The lowest BCUT2D eigenvalue weighted by Gasteiger charge is -2.33. The summed E-state index contributed by atoms with van der Waals surface area (Å²) >= 11 is 0. The molecule has 0 aromatic heterocycles. The first-order valence-electron chi connectivity index (χ1n) is 8.97. The molecule has 0 spiro atoms. The predicted molar refractivity (Wildman–Crippen MR) is 98.2 cm³/mol. The zero-order chi connectivity index (χ0) is 16.5. The van der Waals surface area contributed by atoms with E-state index in [1.807, 2.05) is 4.90 Å². The fraction of sp³-hybridized carbons (Fsp3) is 0.381. The van der Waals surface area contributed by atoms with E-state index in [2.05, 4.69) is 54.7 Å². The van der Waals surface area contributed by atoms with E-state index >= 15 is 0 Å². The molecule has 2 aliphatic rings. The van der Waals surface area contributed by atoms with Crippen LogP contribution in [0.5, 0.6) is 0 Å². The molecule has 1 atom stereocenters. The van der Waals surface area contributed by atoms with Crippen molar-refractivity contribution in [1.29, 1.82) is 0 Å². The van der Waals surface area contributed by atoms with Crippen molar-refractivity contribution < 1.29 is 4.79 Å². The first-order valence-corrected chi connectivity index (χ1v) is 8.97. The number of benzene rings is 2. The Bertz CT molecular complexity index is 768. The van der Waals surface area contributed by atoms with Crippen LogP contribution in [0.4, 0.5) is 5.69 Å². The molecule has 1 aliphatic carbocycles. The molecule has 1 unspecified atom stereocenters. The Kier molecular flexibility index (Phi) is 4.01. The number of anilines is 1. The van der Waals surface area contributed by atoms with Gasteiger partial charge >= 0.3 is 0 Å². The summed E-state index contributed by atoms with van der Waals surface area (Å²) in [7, 11) is 0. The van der Waals surface area contributed by atoms with Crippen molar-refractivity contribution in [2.45, 2.75) is 38.6 Å². The Labute approximate surface area is 143 Å². The Balaban J connectivity index is 1.43. The molecule has 1 fully saturated rings. The standard InChI is InChI=1S/C21H24N2O/c1-15-6-4-5-11-23(15)21(24)14-22-18-9-10-20-17(13-18)12-16-7-2-3-8-19(16)20/h2-3,7-10,13,15,22H,4-6,11-12,14H2,1H3. The van der Waals surface area contributed by atoms with Crippen molar-refractivity contribution in [2.24, 2.45) is 0 Å². The molecule has 1 heterocycles. The molecule has 24 heavy (non-hydrogen) atoms. The van der Waals surface area contributed by atoms with E-state index in [9.17, 15) is 4.79 Å². The minimum absolute atomic E-state index is 0.214. The van der Waals surface area contributed by atoms with Crippen molar-refractivity contribution in [2.75, 3.05) is 18.4 Å². The molecular formula is C21H24N2O. The van der Waals surface area contributed by atoms with Gasteiger partial charge in [-0.05, 0) is 67.0 Å². The molecular weight excluding hydrogens is 296 g/mol. The zero-order valence-electron chi connectivity index (χ0n) is 14.2. The summed E-state index contributed by atoms with van der Waals surface area (Å²) in [5.74, 6) is 0.214. The maximum Gasteiger partial charge on any atom is 0.242 e. The number of hydrogen-bond donors (Lipinski definition) is 1. The van der Waals surface area contributed by atoms with E-state index in [0.717, 1.165) is 31.5 Å². The number of rotatable bonds is 3. The first-order chi connectivity index (χ1) is 11.7. The van der Waals surface area contributed by atoms with E-state index in [1.54, 1.807) is 0 Å². The second-order valence-electron chi connectivity index (χ2n) is 6.99. The Morgan fingerprint density at radius 1 is 1.12 bits per heavy atom. The predicted octanol–water partition coefficient (Wildman–Crippen LogP) is 4.07. The first kappa shape index (κ1) is 15.3. The number of carbonyl (C=O) groups excluding carboxylic acids is 1. The molecule has 2 aromatic carbocycles. The second-order valence-corrected chi connectivity index (χ2v) is 6.99. The van der Waals surface area contributed by atoms with Gasteiger partial charge in [-0.3, -0.25) is 4.79 Å². The highest BCUT2D eigenvalue weighted by atomic mass is 16.2. The number of carbonyl (C=O) groups is 1. The van der Waals surface area contributed by atoms with Crippen LogP contribution in [-0.2, 0) is 11.2 Å². The third-order valence-electron chi connectivity index (χ3n) is 5.36. The Morgan fingerprint density at radius 3 is 2.83 bits per heavy atom. The summed E-state index contributed by atoms with van der Waals surface area (Å²) in [6.45, 7) is 3.45. The van der Waals surface area contributed by atoms with Crippen LogP contribution in [0.25, 0.3) is 11.1 Å². The van der Waals surface area contributed by atoms with Gasteiger partial charge in [0.1, 0.15) is 0 Å². The van der Waals surface area contributed by atoms with Crippen LogP contribution in [0.15, 0.2) is 42.5 Å². The largest absolute Gasteiger partial charge is 0.376 e. The lowest BCUT2D eigenvalue weighted by molar-refractivity contribution is -0.132. The average Bonchev–Trinajstić information content (AvgIpc) is 2.98. The van der Waals surface area contributed by atoms with Crippen molar-refractivity contribution in [1.82, 2.24) is 4.90 Å². The highest BCUT2D eigenvalue weighted by Gasteiger charge is 2.23. The van der Waals surface area contributed by atoms with Crippen LogP contribution in [0.3, 0.4) is 0 Å². The molecule has 3 heteroatoms. The fourth-order valence-electron chi connectivity index (χ4n) is 4.00. The van der Waals surface area contributed by atoms with E-state index < -0.39 is 0 Å². The lowest BCUT2D eigenvalue weighted by Crippen LogP contribution is -2.44. The van der Waals surface area contributed by atoms with E-state index in [4.69, 9.17) is 0 Å². The molecule has 1 amide bonds. The minimum Gasteiger partial charge on any atom is -0.376 e. The summed E-state index contributed by atoms with van der Waals surface area (Å²) in [6.07, 6.45) is 4.48. The van der Waals surface area contributed by atoms with Gasteiger partial charge in [-0.1, -0.05) is 30.3 Å². The van der Waals surface area contributed by atoms with Gasteiger partial charge in [-0.15, -0.1) is 0 Å². The third-order valence-corrected chi connectivity index (χ3v) is 5.36. The smallest absolute Gasteiger partial charge is 0.242 e. The summed E-state index contributed by atoms with van der Waals surface area (Å²) in [4.78, 5) is 14.5. The average molecular weight is 320 g/mol. The molecule has 124 valence electrons. The molecule has 1 saturated heterocycles. The van der Waals surface area contributed by atoms with Gasteiger partial charge in [0.2, 0.25) is 5.91 Å². The number of piperidine rings is 1. The van der Waals surface area contributed by atoms with Gasteiger partial charge in [-0.25, -0.2) is 0 Å². The highest BCUT2D eigenvalue weighted by molar-refractivity contribution is 5.82. The van der Waals surface area contributed by atoms with Crippen LogP contribution in [0.2, 0.25) is 0 Å². The molecule has 4 rings (SSSR count). The number of nitrogens with one attached hydrogen (secondary N) is 1. The van der Waals surface area contributed by atoms with E-state index in [1.165, 1.54) is 28.7 Å². The van der Waals surface area contributed by atoms with Crippen LogP contribution >= 0.6 is 0 Å². The third kappa shape index (κ3) is 2.79. The van der Waals surface area contributed by atoms with E-state index in [0.29, 0.717) is 12.6 Å². The number of amides is 1. The number of likely N-dealkylation sites (tertiary alicyclic amines) is 1. The molecule has 1 aliphatic heterocycles. The van der Waals surface area contributed by atoms with Gasteiger partial charge in [-0.2, -0.15) is 0 Å². The Hall–Kier alpha value is -2.29. The second kappa shape index (κ2) is 6.31. The van der Waals surface area contributed by atoms with Crippen molar-refractivity contribution in [3.05, 3.63) is 53.6 Å². The topological polar surface area (TPSA) is 32.3 Å². The van der Waals surface area contributed by atoms with Gasteiger partial charge in [0.25, 0.3) is 0 Å². The van der Waals surface area contributed by atoms with Crippen molar-refractivity contribution in [3.63, 3.8) is 0 Å². The normalized spacial score (nSPS) is 18.9. The SMILES string of the molecule is CC1CCCCN1C(=O)CNc1ccc2c(c1)Cc1ccccc1-2. The number of hydrogen-bond acceptors (Lipinski definition) is 2. The summed E-state index contributed by atoms with van der Waals surface area (Å²) < 4.78 is 0. The van der Waals surface area contributed by atoms with Crippen LogP contribution in [0, 0.1) is 0 Å². The van der Waals surface area contributed by atoms with Crippen LogP contribution in [0.1, 0.15) is 37.3 Å². The molecule has 1 N–H and O–H groups in total. The van der Waals surface area contributed by atoms with Crippen molar-refractivity contribution >= 4 is 11.6 Å². The quantitative estimate of drug-likeness (QED) is 0.789. The number of fused-ring (bicyclic) bond motifs is 3. The molecule has 3 nitrogen and oxygen atoms in total. The van der Waals surface area contributed by atoms with Crippen molar-refractivity contribution in [3.8, 4) is 11.1 Å². The number of nitrogens with zero attached hydrogens (tertiary/aromatic N) is 1. The molecule has 2 aromatic rings. The summed E-state index contributed by atoms with van der Waals surface area (Å²) in [6, 6.07) is 15.4. The van der Waals surface area contributed by atoms with Crippen LogP contribution in [-0.4, -0.2) is 29.9 Å². The molecule has 0 bridgehead atoms.